The maximum atomic E-state index is 5.44. The zero-order valence-corrected chi connectivity index (χ0v) is 11.6. The number of methoxy groups -OCH3 is 1. The fourth-order valence-corrected chi connectivity index (χ4v) is 2.90. The Morgan fingerprint density at radius 1 is 1.42 bits per heavy atom. The summed E-state index contributed by atoms with van der Waals surface area (Å²) in [4.78, 5) is 4.83. The molecule has 4 heteroatoms. The van der Waals surface area contributed by atoms with Gasteiger partial charge in [0.2, 0.25) is 0 Å². The molecule has 0 spiro atoms. The third-order valence-corrected chi connectivity index (χ3v) is 3.87. The van der Waals surface area contributed by atoms with Crippen LogP contribution in [0.3, 0.4) is 0 Å². The van der Waals surface area contributed by atoms with E-state index in [1.165, 1.54) is 5.52 Å². The molecule has 1 aliphatic rings. The molecule has 1 aromatic carbocycles. The van der Waals surface area contributed by atoms with Crippen molar-refractivity contribution in [3.8, 4) is 0 Å². The van der Waals surface area contributed by atoms with Crippen molar-refractivity contribution >= 4 is 11.0 Å². The van der Waals surface area contributed by atoms with Gasteiger partial charge >= 0.3 is 0 Å². The highest BCUT2D eigenvalue weighted by molar-refractivity contribution is 5.76. The zero-order chi connectivity index (χ0) is 13.2. The van der Waals surface area contributed by atoms with Crippen LogP contribution in [0, 0.1) is 0 Å². The minimum absolute atomic E-state index is 0.305. The SMILES string of the molecule is CCCn1c(C2CC(OC)CN2)nc2ccccc21. The van der Waals surface area contributed by atoms with Crippen LogP contribution in [0.1, 0.15) is 31.6 Å². The zero-order valence-electron chi connectivity index (χ0n) is 11.6. The number of para-hydroxylation sites is 2. The number of fused-ring (bicyclic) bond motifs is 1. The van der Waals surface area contributed by atoms with E-state index in [-0.39, 0.29) is 0 Å². The normalized spacial score (nSPS) is 23.3. The maximum absolute atomic E-state index is 5.44. The van der Waals surface area contributed by atoms with Crippen molar-refractivity contribution in [1.82, 2.24) is 14.9 Å². The molecule has 0 aliphatic carbocycles. The van der Waals surface area contributed by atoms with Crippen LogP contribution in [0.25, 0.3) is 11.0 Å². The van der Waals surface area contributed by atoms with Crippen molar-refractivity contribution in [2.45, 2.75) is 38.5 Å². The molecule has 0 bridgehead atoms. The van der Waals surface area contributed by atoms with Crippen molar-refractivity contribution in [3.63, 3.8) is 0 Å². The number of nitrogens with zero attached hydrogens (tertiary/aromatic N) is 2. The monoisotopic (exact) mass is 259 g/mol. The van der Waals surface area contributed by atoms with Crippen LogP contribution in [-0.2, 0) is 11.3 Å². The first-order chi connectivity index (χ1) is 9.33. The van der Waals surface area contributed by atoms with E-state index in [2.05, 4.69) is 41.1 Å². The van der Waals surface area contributed by atoms with Crippen molar-refractivity contribution in [3.05, 3.63) is 30.1 Å². The predicted octanol–water partition coefficient (Wildman–Crippen LogP) is 2.50. The molecule has 1 saturated heterocycles. The molecule has 102 valence electrons. The van der Waals surface area contributed by atoms with E-state index in [1.807, 2.05) is 0 Å². The molecule has 1 aliphatic heterocycles. The standard InChI is InChI=1S/C15H21N3O/c1-3-8-18-14-7-5-4-6-12(14)17-15(18)13-9-11(19-2)10-16-13/h4-7,11,13,16H,3,8-10H2,1-2H3. The number of benzene rings is 1. The van der Waals surface area contributed by atoms with Crippen molar-refractivity contribution in [1.29, 1.82) is 0 Å². The Balaban J connectivity index is 2.00. The van der Waals surface area contributed by atoms with Gasteiger partial charge in [-0.1, -0.05) is 19.1 Å². The molecule has 2 heterocycles. The lowest BCUT2D eigenvalue weighted by molar-refractivity contribution is 0.117. The molecule has 4 nitrogen and oxygen atoms in total. The van der Waals surface area contributed by atoms with Crippen LogP contribution in [0.2, 0.25) is 0 Å². The molecule has 0 amide bonds. The van der Waals surface area contributed by atoms with Gasteiger partial charge in [-0.3, -0.25) is 0 Å². The largest absolute Gasteiger partial charge is 0.380 e. The first-order valence-corrected chi connectivity index (χ1v) is 7.04. The molecule has 1 N–H and O–H groups in total. The van der Waals surface area contributed by atoms with E-state index in [1.54, 1.807) is 7.11 Å². The molecule has 0 radical (unpaired) electrons. The molecule has 19 heavy (non-hydrogen) atoms. The summed E-state index contributed by atoms with van der Waals surface area (Å²) in [6.45, 7) is 4.14. The molecular formula is C15H21N3O. The highest BCUT2D eigenvalue weighted by atomic mass is 16.5. The minimum Gasteiger partial charge on any atom is -0.380 e. The van der Waals surface area contributed by atoms with Gasteiger partial charge in [0.25, 0.3) is 0 Å². The lowest BCUT2D eigenvalue weighted by atomic mass is 10.2. The van der Waals surface area contributed by atoms with Crippen LogP contribution in [0.15, 0.2) is 24.3 Å². The Morgan fingerprint density at radius 2 is 2.26 bits per heavy atom. The van der Waals surface area contributed by atoms with Gasteiger partial charge in [0.1, 0.15) is 5.82 Å². The molecule has 1 aromatic heterocycles. The second-order valence-corrected chi connectivity index (χ2v) is 5.16. The highest BCUT2D eigenvalue weighted by Crippen LogP contribution is 2.27. The van der Waals surface area contributed by atoms with E-state index < -0.39 is 0 Å². The Labute approximate surface area is 113 Å². The second kappa shape index (κ2) is 5.31. The average molecular weight is 259 g/mol. The number of hydrogen-bond acceptors (Lipinski definition) is 3. The van der Waals surface area contributed by atoms with Gasteiger partial charge in [0.15, 0.2) is 0 Å². The summed E-state index contributed by atoms with van der Waals surface area (Å²) in [5.41, 5.74) is 2.33. The predicted molar refractivity (Wildman–Crippen MR) is 76.2 cm³/mol. The van der Waals surface area contributed by atoms with Gasteiger partial charge in [0.05, 0.1) is 23.2 Å². The summed E-state index contributed by atoms with van der Waals surface area (Å²) >= 11 is 0. The van der Waals surface area contributed by atoms with E-state index in [9.17, 15) is 0 Å². The fraction of sp³-hybridized carbons (Fsp3) is 0.533. The summed E-state index contributed by atoms with van der Waals surface area (Å²) in [5.74, 6) is 1.16. The fourth-order valence-electron chi connectivity index (χ4n) is 2.90. The first-order valence-electron chi connectivity index (χ1n) is 7.04. The molecule has 2 atom stereocenters. The first kappa shape index (κ1) is 12.6. The van der Waals surface area contributed by atoms with Crippen molar-refractivity contribution in [2.75, 3.05) is 13.7 Å². The number of aryl methyl sites for hydroxylation is 1. The third kappa shape index (κ3) is 2.26. The molecule has 1 fully saturated rings. The molecule has 0 saturated carbocycles. The van der Waals surface area contributed by atoms with Crippen LogP contribution >= 0.6 is 0 Å². The highest BCUT2D eigenvalue weighted by Gasteiger charge is 2.29. The van der Waals surface area contributed by atoms with Crippen LogP contribution in [-0.4, -0.2) is 29.3 Å². The number of imidazole rings is 1. The Hall–Kier alpha value is -1.39. The molecule has 2 unspecified atom stereocenters. The van der Waals surface area contributed by atoms with Gasteiger partial charge in [-0.05, 0) is 25.0 Å². The second-order valence-electron chi connectivity index (χ2n) is 5.16. The van der Waals surface area contributed by atoms with Crippen LogP contribution in [0.5, 0.6) is 0 Å². The topological polar surface area (TPSA) is 39.1 Å². The van der Waals surface area contributed by atoms with Gasteiger partial charge in [0, 0.05) is 20.2 Å². The average Bonchev–Trinajstić information content (AvgIpc) is 3.04. The Morgan fingerprint density at radius 3 is 3.00 bits per heavy atom. The smallest absolute Gasteiger partial charge is 0.127 e. The number of hydrogen-bond donors (Lipinski definition) is 1. The van der Waals surface area contributed by atoms with Crippen LogP contribution < -0.4 is 5.32 Å². The van der Waals surface area contributed by atoms with Gasteiger partial charge in [-0.15, -0.1) is 0 Å². The molecule has 2 aromatic rings. The van der Waals surface area contributed by atoms with E-state index in [0.29, 0.717) is 12.1 Å². The lowest BCUT2D eigenvalue weighted by Crippen LogP contribution is -2.19. The third-order valence-electron chi connectivity index (χ3n) is 3.87. The summed E-state index contributed by atoms with van der Waals surface area (Å²) < 4.78 is 7.79. The van der Waals surface area contributed by atoms with Crippen molar-refractivity contribution in [2.24, 2.45) is 0 Å². The summed E-state index contributed by atoms with van der Waals surface area (Å²) in [6.07, 6.45) is 2.43. The minimum atomic E-state index is 0.305. The Bertz CT molecular complexity index is 564. The number of ether oxygens (including phenoxy) is 1. The number of rotatable bonds is 4. The number of aromatic nitrogens is 2. The van der Waals surface area contributed by atoms with Crippen molar-refractivity contribution < 1.29 is 4.74 Å². The quantitative estimate of drug-likeness (QED) is 0.917. The molecular weight excluding hydrogens is 238 g/mol. The van der Waals surface area contributed by atoms with E-state index in [4.69, 9.17) is 9.72 Å². The van der Waals surface area contributed by atoms with E-state index >= 15 is 0 Å². The Kier molecular flexibility index (Phi) is 3.53. The summed E-state index contributed by atoms with van der Waals surface area (Å²) in [6, 6.07) is 8.69. The van der Waals surface area contributed by atoms with Crippen LogP contribution in [0.4, 0.5) is 0 Å². The van der Waals surface area contributed by atoms with Gasteiger partial charge in [-0.25, -0.2) is 4.98 Å². The summed E-state index contributed by atoms with van der Waals surface area (Å²) in [7, 11) is 1.78. The van der Waals surface area contributed by atoms with Gasteiger partial charge in [-0.2, -0.15) is 0 Å². The maximum Gasteiger partial charge on any atom is 0.127 e. The summed E-state index contributed by atoms with van der Waals surface area (Å²) in [5, 5.41) is 3.53. The van der Waals surface area contributed by atoms with E-state index in [0.717, 1.165) is 37.3 Å². The number of nitrogens with one attached hydrogen (secondary N) is 1. The lowest BCUT2D eigenvalue weighted by Gasteiger charge is -2.13. The molecule has 3 rings (SSSR count). The van der Waals surface area contributed by atoms with Gasteiger partial charge < -0.3 is 14.6 Å².